The van der Waals surface area contributed by atoms with Crippen molar-refractivity contribution in [2.75, 3.05) is 0 Å². The molecule has 0 spiro atoms. The van der Waals surface area contributed by atoms with Crippen LogP contribution >= 0.6 is 0 Å². The van der Waals surface area contributed by atoms with Gasteiger partial charge in [0.25, 0.3) is 0 Å². The van der Waals surface area contributed by atoms with Crippen molar-refractivity contribution in [3.05, 3.63) is 6.92 Å². The molecule has 0 N–H and O–H groups in total. The molecule has 0 bridgehead atoms. The molecule has 0 aromatic rings. The summed E-state index contributed by atoms with van der Waals surface area (Å²) in [6.45, 7) is 3.26. The topological polar surface area (TPSA) is 0 Å². The molecule has 16 valence electrons. The zero-order valence-electron chi connectivity index (χ0n) is 2.99. The molecule has 0 unspecified atom stereocenters. The van der Waals surface area contributed by atoms with Crippen LogP contribution in [0, 0.1) is 6.92 Å². The van der Waals surface area contributed by atoms with Gasteiger partial charge in [-0.15, -0.1) is 0 Å². The van der Waals surface area contributed by atoms with Crippen LogP contribution in [0.2, 0.25) is 6.32 Å². The van der Waals surface area contributed by atoms with Crippen LogP contribution < -0.4 is 51.4 Å². The summed E-state index contributed by atoms with van der Waals surface area (Å²) in [6, 6.07) is 0. The van der Waals surface area contributed by atoms with Gasteiger partial charge >= 0.3 is 51.4 Å². The molecule has 0 saturated carbocycles. The Hall–Kier alpha value is 1.70. The van der Waals surface area contributed by atoms with Crippen LogP contribution in [0.4, 0.5) is 0 Å². The Labute approximate surface area is 71.2 Å². The van der Waals surface area contributed by atoms with E-state index in [-0.39, 0.29) is 51.4 Å². The number of rotatable bonds is 0. The third kappa shape index (κ3) is 9.33. The first kappa shape index (κ1) is 9.20. The molecule has 2 heteroatoms. The van der Waals surface area contributed by atoms with Crippen molar-refractivity contribution >= 4 is 7.85 Å². The van der Waals surface area contributed by atoms with Crippen LogP contribution in [0.1, 0.15) is 0 Å². The van der Waals surface area contributed by atoms with E-state index in [4.69, 9.17) is 7.85 Å². The maximum absolute atomic E-state index is 4.74. The van der Waals surface area contributed by atoms with Crippen LogP contribution in [0.25, 0.3) is 0 Å². The van der Waals surface area contributed by atoms with Crippen molar-refractivity contribution in [2.24, 2.45) is 0 Å². The first-order valence-corrected chi connectivity index (χ1v) is 0.908. The zero-order valence-corrected chi connectivity index (χ0v) is 6.11. The quantitative estimate of drug-likeness (QED) is 0.220. The largest absolute Gasteiger partial charge is 1.00 e. The standard InChI is InChI=1S/C2H4B.K/c1-2-3;/h1-2H2;/q-1;+1. The van der Waals surface area contributed by atoms with E-state index in [1.165, 1.54) is 0 Å². The fraction of sp³-hybridized carbons (Fsp3) is 0.500. The minimum Gasteiger partial charge on any atom is -0.351 e. The first-order chi connectivity index (χ1) is 1.41. The summed E-state index contributed by atoms with van der Waals surface area (Å²) in [5.74, 6) is 0. The average Bonchev–Trinajstić information content (AvgIpc) is 0.918. The molecular formula is C2H4BK. The second kappa shape index (κ2) is 8.83. The fourth-order valence-corrected chi connectivity index (χ4v) is 0. The molecule has 0 fully saturated rings. The van der Waals surface area contributed by atoms with Gasteiger partial charge in [0.1, 0.15) is 0 Å². The van der Waals surface area contributed by atoms with Gasteiger partial charge in [-0.1, -0.05) is 0 Å². The van der Waals surface area contributed by atoms with Crippen LogP contribution in [0.3, 0.4) is 0 Å². The SMILES string of the molecule is [B]C[CH2-].[K+]. The van der Waals surface area contributed by atoms with Crippen molar-refractivity contribution in [3.8, 4) is 0 Å². The molecule has 0 heterocycles. The second-order valence-corrected chi connectivity index (χ2v) is 0.289. The summed E-state index contributed by atoms with van der Waals surface area (Å²) >= 11 is 0. The van der Waals surface area contributed by atoms with E-state index in [2.05, 4.69) is 6.92 Å². The predicted octanol–water partition coefficient (Wildman–Crippen LogP) is -2.59. The van der Waals surface area contributed by atoms with Gasteiger partial charge in [-0.2, -0.15) is 0 Å². The van der Waals surface area contributed by atoms with Gasteiger partial charge in [0.05, 0.1) is 0 Å². The van der Waals surface area contributed by atoms with Crippen molar-refractivity contribution in [2.45, 2.75) is 6.32 Å². The van der Waals surface area contributed by atoms with Gasteiger partial charge in [-0.3, -0.25) is 0 Å². The van der Waals surface area contributed by atoms with Crippen LogP contribution in [0.5, 0.6) is 0 Å². The molecule has 0 rings (SSSR count). The summed E-state index contributed by atoms with van der Waals surface area (Å²) in [4.78, 5) is 0. The third-order valence-electron chi connectivity index (χ3n) is 0. The van der Waals surface area contributed by atoms with E-state index in [0.29, 0.717) is 6.32 Å². The summed E-state index contributed by atoms with van der Waals surface area (Å²) < 4.78 is 0. The Kier molecular flexibility index (Phi) is 20.3. The van der Waals surface area contributed by atoms with Crippen molar-refractivity contribution in [3.63, 3.8) is 0 Å². The zero-order chi connectivity index (χ0) is 2.71. The molecule has 0 saturated heterocycles. The molecule has 0 aliphatic rings. The van der Waals surface area contributed by atoms with Crippen LogP contribution in [-0.2, 0) is 0 Å². The Morgan fingerprint density at radius 1 is 1.75 bits per heavy atom. The smallest absolute Gasteiger partial charge is 0.351 e. The number of hydrogen-bond acceptors (Lipinski definition) is 0. The van der Waals surface area contributed by atoms with Gasteiger partial charge in [-0.25, -0.2) is 6.32 Å². The summed E-state index contributed by atoms with van der Waals surface area (Å²) in [5.41, 5.74) is 0. The Morgan fingerprint density at radius 2 is 1.75 bits per heavy atom. The average molecular weight is 78.0 g/mol. The summed E-state index contributed by atoms with van der Waals surface area (Å²) in [6.07, 6.45) is 0.500. The molecular weight excluding hydrogens is 73.9 g/mol. The maximum atomic E-state index is 4.74. The first-order valence-electron chi connectivity index (χ1n) is 0.908. The molecule has 2 radical (unpaired) electrons. The van der Waals surface area contributed by atoms with Gasteiger partial charge in [0, 0.05) is 7.85 Å². The van der Waals surface area contributed by atoms with E-state index >= 15 is 0 Å². The minimum atomic E-state index is 0. The van der Waals surface area contributed by atoms with Crippen molar-refractivity contribution in [1.29, 1.82) is 0 Å². The van der Waals surface area contributed by atoms with Gasteiger partial charge in [0.15, 0.2) is 0 Å². The van der Waals surface area contributed by atoms with E-state index in [0.717, 1.165) is 0 Å². The van der Waals surface area contributed by atoms with E-state index < -0.39 is 0 Å². The Morgan fingerprint density at radius 3 is 1.75 bits per heavy atom. The molecule has 0 aromatic carbocycles. The summed E-state index contributed by atoms with van der Waals surface area (Å²) in [7, 11) is 4.74. The summed E-state index contributed by atoms with van der Waals surface area (Å²) in [5, 5.41) is 0. The second-order valence-electron chi connectivity index (χ2n) is 0.289. The van der Waals surface area contributed by atoms with Gasteiger partial charge in [0.2, 0.25) is 0 Å². The molecule has 0 atom stereocenters. The molecule has 0 aliphatic heterocycles. The molecule has 0 aromatic heterocycles. The van der Waals surface area contributed by atoms with Gasteiger partial charge in [-0.05, 0) is 0 Å². The fourth-order valence-electron chi connectivity index (χ4n) is 0. The Balaban J connectivity index is 0. The Bertz CT molecular complexity index is 6.00. The van der Waals surface area contributed by atoms with Crippen molar-refractivity contribution in [1.82, 2.24) is 0 Å². The predicted molar refractivity (Wildman–Crippen MR) is 15.9 cm³/mol. The molecule has 0 nitrogen and oxygen atoms in total. The van der Waals surface area contributed by atoms with Gasteiger partial charge < -0.3 is 6.92 Å². The van der Waals surface area contributed by atoms with E-state index in [1.54, 1.807) is 0 Å². The molecule has 0 amide bonds. The van der Waals surface area contributed by atoms with E-state index in [9.17, 15) is 0 Å². The third-order valence-corrected chi connectivity index (χ3v) is 0. The minimum absolute atomic E-state index is 0. The molecule has 4 heavy (non-hydrogen) atoms. The number of hydrogen-bond donors (Lipinski definition) is 0. The van der Waals surface area contributed by atoms with Crippen LogP contribution in [0.15, 0.2) is 0 Å². The van der Waals surface area contributed by atoms with E-state index in [1.807, 2.05) is 0 Å². The normalized spacial score (nSPS) is 4.25. The van der Waals surface area contributed by atoms with Crippen molar-refractivity contribution < 1.29 is 51.4 Å². The maximum Gasteiger partial charge on any atom is 1.00 e. The molecule has 0 aliphatic carbocycles. The monoisotopic (exact) mass is 78.0 g/mol. The van der Waals surface area contributed by atoms with Crippen LogP contribution in [-0.4, -0.2) is 7.85 Å².